The number of pyridine rings is 1. The molecule has 1 aliphatic rings. The van der Waals surface area contributed by atoms with Gasteiger partial charge in [-0.1, -0.05) is 0 Å². The molecule has 1 aliphatic carbocycles. The highest BCUT2D eigenvalue weighted by Crippen LogP contribution is 2.40. The second kappa shape index (κ2) is 6.95. The maximum atomic E-state index is 13.3. The van der Waals surface area contributed by atoms with Crippen molar-refractivity contribution in [1.29, 1.82) is 0 Å². The number of aromatic nitrogens is 2. The Labute approximate surface area is 162 Å². The molecule has 4 nitrogen and oxygen atoms in total. The molecule has 0 atom stereocenters. The molecular weight excluding hydrogens is 365 g/mol. The van der Waals surface area contributed by atoms with Gasteiger partial charge in [0.2, 0.25) is 0 Å². The Bertz CT molecular complexity index is 1030. The first-order chi connectivity index (χ1) is 13.3. The number of aryl methyl sites for hydroxylation is 2. The van der Waals surface area contributed by atoms with Crippen LogP contribution in [0.1, 0.15) is 36.1 Å². The van der Waals surface area contributed by atoms with Gasteiger partial charge in [-0.3, -0.25) is 0 Å². The summed E-state index contributed by atoms with van der Waals surface area (Å²) in [5.41, 5.74) is 9.97. The van der Waals surface area contributed by atoms with E-state index in [0.29, 0.717) is 28.7 Å². The maximum absolute atomic E-state index is 13.3. The Morgan fingerprint density at radius 1 is 1.18 bits per heavy atom. The molecule has 0 saturated heterocycles. The second-order valence-electron chi connectivity index (χ2n) is 7.89. The SMILES string of the molecule is CN(C)CCCn1c2ccc(C(F)(F)F)cc2c2c(N)c3c(nc21)CCCC3. The lowest BCUT2D eigenvalue weighted by Gasteiger charge is -2.18. The minimum Gasteiger partial charge on any atom is -0.398 e. The maximum Gasteiger partial charge on any atom is 0.416 e. The Balaban J connectivity index is 1.97. The topological polar surface area (TPSA) is 47.1 Å². The van der Waals surface area contributed by atoms with Gasteiger partial charge in [-0.15, -0.1) is 0 Å². The van der Waals surface area contributed by atoms with Crippen LogP contribution in [-0.4, -0.2) is 35.1 Å². The van der Waals surface area contributed by atoms with E-state index in [0.717, 1.165) is 61.5 Å². The van der Waals surface area contributed by atoms with Crippen LogP contribution in [0.25, 0.3) is 21.9 Å². The third-order valence-electron chi connectivity index (χ3n) is 5.62. The van der Waals surface area contributed by atoms with Crippen molar-refractivity contribution in [2.45, 2.75) is 44.8 Å². The lowest BCUT2D eigenvalue weighted by Crippen LogP contribution is -2.15. The number of alkyl halides is 3. The largest absolute Gasteiger partial charge is 0.416 e. The third kappa shape index (κ3) is 3.21. The van der Waals surface area contributed by atoms with E-state index in [-0.39, 0.29) is 0 Å². The summed E-state index contributed by atoms with van der Waals surface area (Å²) in [7, 11) is 4.02. The van der Waals surface area contributed by atoms with E-state index in [1.165, 1.54) is 6.07 Å². The van der Waals surface area contributed by atoms with Gasteiger partial charge in [0.1, 0.15) is 5.65 Å². The smallest absolute Gasteiger partial charge is 0.398 e. The molecule has 2 aromatic heterocycles. The van der Waals surface area contributed by atoms with Crippen LogP contribution in [0, 0.1) is 0 Å². The molecule has 1 aromatic carbocycles. The predicted octanol–water partition coefficient (Wildman–Crippen LogP) is 4.62. The molecule has 7 heteroatoms. The van der Waals surface area contributed by atoms with Crippen LogP contribution in [0.3, 0.4) is 0 Å². The van der Waals surface area contributed by atoms with Gasteiger partial charge in [-0.25, -0.2) is 4.98 Å². The number of nitrogens with two attached hydrogens (primary N) is 1. The fraction of sp³-hybridized carbons (Fsp3) is 0.476. The number of nitrogens with zero attached hydrogens (tertiary/aromatic N) is 3. The predicted molar refractivity (Wildman–Crippen MR) is 106 cm³/mol. The van der Waals surface area contributed by atoms with Gasteiger partial charge in [0.25, 0.3) is 0 Å². The van der Waals surface area contributed by atoms with Crippen LogP contribution in [0.4, 0.5) is 18.9 Å². The van der Waals surface area contributed by atoms with Crippen molar-refractivity contribution in [2.75, 3.05) is 26.4 Å². The lowest BCUT2D eigenvalue weighted by atomic mass is 9.93. The van der Waals surface area contributed by atoms with Crippen molar-refractivity contribution in [3.63, 3.8) is 0 Å². The highest BCUT2D eigenvalue weighted by Gasteiger charge is 2.31. The number of halogens is 3. The highest BCUT2D eigenvalue weighted by molar-refractivity contribution is 6.13. The number of anilines is 1. The zero-order valence-corrected chi connectivity index (χ0v) is 16.2. The summed E-state index contributed by atoms with van der Waals surface area (Å²) >= 11 is 0. The minimum atomic E-state index is -4.38. The van der Waals surface area contributed by atoms with Crippen molar-refractivity contribution in [3.05, 3.63) is 35.0 Å². The number of fused-ring (bicyclic) bond motifs is 4. The van der Waals surface area contributed by atoms with E-state index >= 15 is 0 Å². The van der Waals surface area contributed by atoms with Gasteiger partial charge < -0.3 is 15.2 Å². The number of rotatable bonds is 4. The van der Waals surface area contributed by atoms with Gasteiger partial charge in [0.15, 0.2) is 0 Å². The van der Waals surface area contributed by atoms with E-state index in [1.54, 1.807) is 6.07 Å². The fourth-order valence-corrected chi connectivity index (χ4v) is 4.25. The molecule has 150 valence electrons. The zero-order valence-electron chi connectivity index (χ0n) is 16.2. The van der Waals surface area contributed by atoms with Gasteiger partial charge >= 0.3 is 6.18 Å². The summed E-state index contributed by atoms with van der Waals surface area (Å²) in [6.07, 6.45) is 0.331. The summed E-state index contributed by atoms with van der Waals surface area (Å²) < 4.78 is 42.0. The van der Waals surface area contributed by atoms with Crippen LogP contribution >= 0.6 is 0 Å². The molecule has 0 spiro atoms. The van der Waals surface area contributed by atoms with Crippen molar-refractivity contribution in [1.82, 2.24) is 14.5 Å². The molecule has 0 bridgehead atoms. The van der Waals surface area contributed by atoms with Crippen LogP contribution < -0.4 is 5.73 Å². The summed E-state index contributed by atoms with van der Waals surface area (Å²) in [5, 5.41) is 1.22. The minimum absolute atomic E-state index is 0.549. The molecule has 28 heavy (non-hydrogen) atoms. The van der Waals surface area contributed by atoms with Crippen molar-refractivity contribution >= 4 is 27.6 Å². The van der Waals surface area contributed by atoms with Crippen LogP contribution in [0.5, 0.6) is 0 Å². The first-order valence-electron chi connectivity index (χ1n) is 9.72. The third-order valence-corrected chi connectivity index (χ3v) is 5.62. The molecule has 3 aromatic rings. The molecule has 0 radical (unpaired) electrons. The Hall–Kier alpha value is -2.28. The van der Waals surface area contributed by atoms with Gasteiger partial charge in [0, 0.05) is 23.3 Å². The summed E-state index contributed by atoms with van der Waals surface area (Å²) in [5.74, 6) is 0. The Morgan fingerprint density at radius 2 is 1.93 bits per heavy atom. The van der Waals surface area contributed by atoms with Gasteiger partial charge in [-0.05, 0) is 76.5 Å². The Morgan fingerprint density at radius 3 is 2.64 bits per heavy atom. The molecule has 0 aliphatic heterocycles. The summed E-state index contributed by atoms with van der Waals surface area (Å²) in [6, 6.07) is 3.95. The fourth-order valence-electron chi connectivity index (χ4n) is 4.25. The number of hydrogen-bond acceptors (Lipinski definition) is 3. The number of hydrogen-bond donors (Lipinski definition) is 1. The van der Waals surface area contributed by atoms with Crippen molar-refractivity contribution in [3.8, 4) is 0 Å². The first kappa shape index (κ1) is 19.1. The van der Waals surface area contributed by atoms with Crippen molar-refractivity contribution < 1.29 is 13.2 Å². The van der Waals surface area contributed by atoms with Crippen LogP contribution in [0.2, 0.25) is 0 Å². The summed E-state index contributed by atoms with van der Waals surface area (Å²) in [6.45, 7) is 1.58. The molecule has 0 unspecified atom stereocenters. The second-order valence-corrected chi connectivity index (χ2v) is 7.89. The van der Waals surface area contributed by atoms with E-state index in [1.807, 2.05) is 18.7 Å². The lowest BCUT2D eigenvalue weighted by molar-refractivity contribution is -0.137. The van der Waals surface area contributed by atoms with E-state index in [2.05, 4.69) is 4.90 Å². The quantitative estimate of drug-likeness (QED) is 0.707. The molecular formula is C21H25F3N4. The normalized spacial score (nSPS) is 14.9. The van der Waals surface area contributed by atoms with Crippen molar-refractivity contribution in [2.24, 2.45) is 0 Å². The van der Waals surface area contributed by atoms with Crippen LogP contribution in [0.15, 0.2) is 18.2 Å². The monoisotopic (exact) mass is 390 g/mol. The van der Waals surface area contributed by atoms with Crippen LogP contribution in [-0.2, 0) is 25.6 Å². The number of benzene rings is 1. The zero-order chi connectivity index (χ0) is 20.1. The average Bonchev–Trinajstić information content (AvgIpc) is 2.94. The molecule has 0 amide bonds. The highest BCUT2D eigenvalue weighted by atomic mass is 19.4. The molecule has 4 rings (SSSR count). The molecule has 2 N–H and O–H groups in total. The number of nitrogen functional groups attached to an aromatic ring is 1. The van der Waals surface area contributed by atoms with E-state index < -0.39 is 11.7 Å². The van der Waals surface area contributed by atoms with E-state index in [4.69, 9.17) is 10.7 Å². The Kier molecular flexibility index (Phi) is 4.73. The average molecular weight is 390 g/mol. The van der Waals surface area contributed by atoms with Gasteiger partial charge in [-0.2, -0.15) is 13.2 Å². The molecule has 2 heterocycles. The van der Waals surface area contributed by atoms with E-state index in [9.17, 15) is 13.2 Å². The standard InChI is InChI=1S/C21H25F3N4/c1-27(2)10-5-11-28-17-9-8-13(21(22,23)24)12-15(17)18-19(25)14-6-3-4-7-16(14)26-20(18)28/h8-9,12H,3-7,10-11H2,1-2H3,(H2,25,26). The molecule has 0 fully saturated rings. The summed E-state index contributed by atoms with van der Waals surface area (Å²) in [4.78, 5) is 6.99. The van der Waals surface area contributed by atoms with Gasteiger partial charge in [0.05, 0.1) is 16.5 Å². The molecule has 0 saturated carbocycles. The first-order valence-corrected chi connectivity index (χ1v) is 9.72.